The zero-order valence-electron chi connectivity index (χ0n) is 17.0. The van der Waals surface area contributed by atoms with Gasteiger partial charge in [-0.05, 0) is 36.4 Å². The molecule has 0 saturated heterocycles. The lowest BCUT2D eigenvalue weighted by Crippen LogP contribution is -2.41. The summed E-state index contributed by atoms with van der Waals surface area (Å²) in [4.78, 5) is 34.9. The second kappa shape index (κ2) is 10.6. The van der Waals surface area contributed by atoms with Gasteiger partial charge in [-0.15, -0.1) is 0 Å². The molecule has 0 radical (unpaired) electrons. The molecular formula is C20H23FN4O5S. The zero-order valence-corrected chi connectivity index (χ0v) is 17.8. The van der Waals surface area contributed by atoms with E-state index in [0.29, 0.717) is 5.69 Å². The molecule has 0 aromatic heterocycles. The van der Waals surface area contributed by atoms with Crippen LogP contribution in [0.2, 0.25) is 0 Å². The van der Waals surface area contributed by atoms with Crippen molar-refractivity contribution in [1.29, 1.82) is 0 Å². The maximum atomic E-state index is 13.5. The van der Waals surface area contributed by atoms with E-state index in [1.807, 2.05) is 0 Å². The molecule has 31 heavy (non-hydrogen) atoms. The van der Waals surface area contributed by atoms with Gasteiger partial charge in [0, 0.05) is 32.7 Å². The highest BCUT2D eigenvalue weighted by molar-refractivity contribution is 7.89. The minimum atomic E-state index is -3.92. The fourth-order valence-corrected chi connectivity index (χ4v) is 3.68. The van der Waals surface area contributed by atoms with E-state index in [1.165, 1.54) is 62.5 Å². The van der Waals surface area contributed by atoms with Gasteiger partial charge in [0.25, 0.3) is 5.91 Å². The molecule has 0 saturated carbocycles. The monoisotopic (exact) mass is 450 g/mol. The molecule has 0 fully saturated rings. The Morgan fingerprint density at radius 3 is 2.19 bits per heavy atom. The molecule has 0 heterocycles. The molecule has 2 aromatic carbocycles. The van der Waals surface area contributed by atoms with E-state index in [2.05, 4.69) is 16.0 Å². The highest BCUT2D eigenvalue weighted by atomic mass is 32.2. The Morgan fingerprint density at radius 1 is 0.968 bits per heavy atom. The number of halogens is 1. The zero-order chi connectivity index (χ0) is 23.0. The number of amides is 3. The highest BCUT2D eigenvalue weighted by Crippen LogP contribution is 2.17. The molecule has 2 rings (SSSR count). The summed E-state index contributed by atoms with van der Waals surface area (Å²) in [5.41, 5.74) is 0.341. The van der Waals surface area contributed by atoms with Crippen LogP contribution in [0.5, 0.6) is 0 Å². The van der Waals surface area contributed by atoms with Crippen molar-refractivity contribution < 1.29 is 27.2 Å². The van der Waals surface area contributed by atoms with E-state index < -0.39 is 34.2 Å². The first kappa shape index (κ1) is 24.0. The number of benzene rings is 2. The van der Waals surface area contributed by atoms with Gasteiger partial charge in [0.15, 0.2) is 0 Å². The van der Waals surface area contributed by atoms with Crippen LogP contribution in [0.15, 0.2) is 53.4 Å². The van der Waals surface area contributed by atoms with Crippen molar-refractivity contribution in [2.45, 2.75) is 11.8 Å². The van der Waals surface area contributed by atoms with Gasteiger partial charge in [-0.3, -0.25) is 14.4 Å². The van der Waals surface area contributed by atoms with Crippen LogP contribution in [0, 0.1) is 5.82 Å². The van der Waals surface area contributed by atoms with Crippen molar-refractivity contribution in [3.05, 3.63) is 59.9 Å². The SMILES string of the molecule is CC(=O)Nc1ccc(S(=O)(=O)N(C)CC(=O)NCCNC(=O)c2ccccc2F)cc1. The van der Waals surface area contributed by atoms with E-state index in [9.17, 15) is 27.2 Å². The number of nitrogens with zero attached hydrogens (tertiary/aromatic N) is 1. The molecule has 0 aliphatic heterocycles. The van der Waals surface area contributed by atoms with Crippen LogP contribution in [0.4, 0.5) is 10.1 Å². The van der Waals surface area contributed by atoms with Gasteiger partial charge in [-0.2, -0.15) is 4.31 Å². The summed E-state index contributed by atoms with van der Waals surface area (Å²) in [6.07, 6.45) is 0. The van der Waals surface area contributed by atoms with E-state index in [4.69, 9.17) is 0 Å². The average Bonchev–Trinajstić information content (AvgIpc) is 2.71. The number of nitrogens with one attached hydrogen (secondary N) is 3. The molecule has 166 valence electrons. The second-order valence-corrected chi connectivity index (χ2v) is 8.60. The summed E-state index contributed by atoms with van der Waals surface area (Å²) >= 11 is 0. The number of hydrogen-bond acceptors (Lipinski definition) is 5. The van der Waals surface area contributed by atoms with Gasteiger partial charge in [0.1, 0.15) is 5.82 Å². The summed E-state index contributed by atoms with van der Waals surface area (Å²) in [6, 6.07) is 11.0. The predicted molar refractivity (Wildman–Crippen MR) is 112 cm³/mol. The largest absolute Gasteiger partial charge is 0.353 e. The van der Waals surface area contributed by atoms with Gasteiger partial charge in [0.05, 0.1) is 17.0 Å². The van der Waals surface area contributed by atoms with Crippen molar-refractivity contribution in [2.24, 2.45) is 0 Å². The fraction of sp³-hybridized carbons (Fsp3) is 0.250. The normalized spacial score (nSPS) is 11.1. The molecule has 0 bridgehead atoms. The molecule has 0 spiro atoms. The average molecular weight is 450 g/mol. The standard InChI is InChI=1S/C20H23FN4O5S/c1-14(26)24-15-7-9-16(10-8-15)31(29,30)25(2)13-19(27)22-11-12-23-20(28)17-5-3-4-6-18(17)21/h3-10H,11-13H2,1-2H3,(H,22,27)(H,23,28)(H,24,26). The summed E-state index contributed by atoms with van der Waals surface area (Å²) in [7, 11) is -2.66. The Bertz CT molecular complexity index is 1060. The topological polar surface area (TPSA) is 125 Å². The molecule has 3 N–H and O–H groups in total. The maximum absolute atomic E-state index is 13.5. The molecular weight excluding hydrogens is 427 g/mol. The Labute approximate surface area is 179 Å². The minimum Gasteiger partial charge on any atom is -0.353 e. The van der Waals surface area contributed by atoms with Crippen LogP contribution >= 0.6 is 0 Å². The number of anilines is 1. The number of likely N-dealkylation sites (N-methyl/N-ethyl adjacent to an activating group) is 1. The Hall–Kier alpha value is -3.31. The first-order valence-corrected chi connectivity index (χ1v) is 10.7. The summed E-state index contributed by atoms with van der Waals surface area (Å²) < 4.78 is 39.6. The van der Waals surface area contributed by atoms with Crippen LogP contribution in [0.1, 0.15) is 17.3 Å². The fourth-order valence-electron chi connectivity index (χ4n) is 2.56. The Balaban J connectivity index is 1.82. The summed E-state index contributed by atoms with van der Waals surface area (Å²) in [6.45, 7) is 0.984. The third-order valence-corrected chi connectivity index (χ3v) is 5.92. The highest BCUT2D eigenvalue weighted by Gasteiger charge is 2.23. The van der Waals surface area contributed by atoms with Gasteiger partial charge in [0.2, 0.25) is 21.8 Å². The molecule has 11 heteroatoms. The summed E-state index contributed by atoms with van der Waals surface area (Å²) in [5.74, 6) is -2.12. The van der Waals surface area contributed by atoms with Gasteiger partial charge >= 0.3 is 0 Å². The lowest BCUT2D eigenvalue weighted by Gasteiger charge is -2.17. The first-order chi connectivity index (χ1) is 14.6. The molecule has 0 atom stereocenters. The third-order valence-electron chi connectivity index (χ3n) is 4.10. The summed E-state index contributed by atoms with van der Waals surface area (Å²) in [5, 5.41) is 7.49. The minimum absolute atomic E-state index is 0.0333. The van der Waals surface area contributed by atoms with Crippen molar-refractivity contribution in [3.8, 4) is 0 Å². The van der Waals surface area contributed by atoms with Gasteiger partial charge in [-0.25, -0.2) is 12.8 Å². The number of carbonyl (C=O) groups is 3. The number of sulfonamides is 1. The van der Waals surface area contributed by atoms with E-state index in [1.54, 1.807) is 0 Å². The lowest BCUT2D eigenvalue weighted by molar-refractivity contribution is -0.121. The second-order valence-electron chi connectivity index (χ2n) is 6.55. The molecule has 2 aromatic rings. The van der Waals surface area contributed by atoms with Crippen molar-refractivity contribution in [3.63, 3.8) is 0 Å². The number of hydrogen-bond donors (Lipinski definition) is 3. The van der Waals surface area contributed by atoms with Crippen LogP contribution in [0.25, 0.3) is 0 Å². The van der Waals surface area contributed by atoms with Crippen LogP contribution in [-0.2, 0) is 19.6 Å². The van der Waals surface area contributed by atoms with Crippen molar-refractivity contribution in [1.82, 2.24) is 14.9 Å². The van der Waals surface area contributed by atoms with Gasteiger partial charge in [-0.1, -0.05) is 12.1 Å². The number of carbonyl (C=O) groups excluding carboxylic acids is 3. The van der Waals surface area contributed by atoms with Crippen LogP contribution < -0.4 is 16.0 Å². The molecule has 0 unspecified atom stereocenters. The van der Waals surface area contributed by atoms with Gasteiger partial charge < -0.3 is 16.0 Å². The molecule has 0 aliphatic rings. The Kier molecular flexibility index (Phi) is 8.22. The van der Waals surface area contributed by atoms with E-state index in [-0.39, 0.29) is 29.5 Å². The molecule has 3 amide bonds. The van der Waals surface area contributed by atoms with Crippen LogP contribution in [0.3, 0.4) is 0 Å². The van der Waals surface area contributed by atoms with E-state index >= 15 is 0 Å². The van der Waals surface area contributed by atoms with Crippen molar-refractivity contribution in [2.75, 3.05) is 32.0 Å². The van der Waals surface area contributed by atoms with Crippen molar-refractivity contribution >= 4 is 33.4 Å². The Morgan fingerprint density at radius 2 is 1.58 bits per heavy atom. The van der Waals surface area contributed by atoms with E-state index in [0.717, 1.165) is 4.31 Å². The molecule has 0 aliphatic carbocycles. The quantitative estimate of drug-likeness (QED) is 0.491. The predicted octanol–water partition coefficient (Wildman–Crippen LogP) is 0.951. The lowest BCUT2D eigenvalue weighted by atomic mass is 10.2. The molecule has 9 nitrogen and oxygen atoms in total. The smallest absolute Gasteiger partial charge is 0.254 e. The maximum Gasteiger partial charge on any atom is 0.254 e. The number of rotatable bonds is 9. The third kappa shape index (κ3) is 6.86. The first-order valence-electron chi connectivity index (χ1n) is 9.24. The van der Waals surface area contributed by atoms with Crippen LogP contribution in [-0.4, -0.2) is 57.1 Å².